The number of nitrogens with zero attached hydrogens (tertiary/aromatic N) is 2. The van der Waals surface area contributed by atoms with Crippen molar-refractivity contribution >= 4 is 11.3 Å². The molecule has 0 unspecified atom stereocenters. The maximum absolute atomic E-state index is 12.8. The number of pyridine rings is 1. The van der Waals surface area contributed by atoms with Crippen molar-refractivity contribution in [1.82, 2.24) is 15.3 Å². The highest BCUT2D eigenvalue weighted by molar-refractivity contribution is 7.12. The van der Waals surface area contributed by atoms with Gasteiger partial charge in [0.15, 0.2) is 0 Å². The van der Waals surface area contributed by atoms with Gasteiger partial charge in [-0.15, -0.1) is 11.3 Å². The van der Waals surface area contributed by atoms with Crippen LogP contribution < -0.4 is 5.32 Å². The van der Waals surface area contributed by atoms with E-state index in [1.165, 1.54) is 12.3 Å². The van der Waals surface area contributed by atoms with E-state index in [1.807, 2.05) is 6.92 Å². The Morgan fingerprint density at radius 3 is 2.95 bits per heavy atom. The Kier molecular flexibility index (Phi) is 4.95. The molecule has 0 bridgehead atoms. The smallest absolute Gasteiger partial charge is 0.141 e. The van der Waals surface area contributed by atoms with Crippen molar-refractivity contribution in [3.8, 4) is 11.4 Å². The number of aromatic nitrogens is 2. The molecule has 2 aromatic heterocycles. The molecule has 2 rings (SSSR count). The number of nitrogens with one attached hydrogen (secondary N) is 1. The summed E-state index contributed by atoms with van der Waals surface area (Å²) in [5, 5.41) is 4.24. The number of thiazole rings is 1. The monoisotopic (exact) mass is 281 g/mol. The van der Waals surface area contributed by atoms with Crippen LogP contribution in [-0.2, 0) is 11.3 Å². The fraction of sp³-hybridized carbons (Fsp3) is 0.385. The molecule has 2 aromatic rings. The molecule has 0 aliphatic heterocycles. The van der Waals surface area contributed by atoms with E-state index in [0.29, 0.717) is 18.8 Å². The van der Waals surface area contributed by atoms with Gasteiger partial charge >= 0.3 is 0 Å². The average molecular weight is 281 g/mol. The highest BCUT2D eigenvalue weighted by atomic mass is 32.1. The molecule has 0 saturated carbocycles. The first-order chi connectivity index (χ1) is 9.20. The van der Waals surface area contributed by atoms with Crippen LogP contribution in [0, 0.1) is 12.7 Å². The molecule has 0 radical (unpaired) electrons. The second-order valence-corrected chi connectivity index (χ2v) is 5.33. The minimum Gasteiger partial charge on any atom is -0.383 e. The average Bonchev–Trinajstić information content (AvgIpc) is 2.77. The Bertz CT molecular complexity index is 527. The Labute approximate surface area is 115 Å². The van der Waals surface area contributed by atoms with Crippen LogP contribution >= 0.6 is 11.3 Å². The van der Waals surface area contributed by atoms with Crippen LogP contribution in [0.1, 0.15) is 9.88 Å². The molecule has 102 valence electrons. The van der Waals surface area contributed by atoms with Crippen LogP contribution in [0.4, 0.5) is 4.39 Å². The lowest BCUT2D eigenvalue weighted by atomic mass is 10.2. The molecular weight excluding hydrogens is 265 g/mol. The fourth-order valence-electron chi connectivity index (χ4n) is 1.65. The fourth-order valence-corrected chi connectivity index (χ4v) is 2.56. The number of rotatable bonds is 6. The molecule has 0 spiro atoms. The first-order valence-electron chi connectivity index (χ1n) is 5.98. The Morgan fingerprint density at radius 1 is 1.42 bits per heavy atom. The molecule has 2 heterocycles. The predicted molar refractivity (Wildman–Crippen MR) is 73.6 cm³/mol. The molecule has 0 aromatic carbocycles. The van der Waals surface area contributed by atoms with Gasteiger partial charge in [-0.3, -0.25) is 4.98 Å². The maximum atomic E-state index is 12.8. The zero-order chi connectivity index (χ0) is 13.7. The van der Waals surface area contributed by atoms with Crippen molar-refractivity contribution < 1.29 is 9.13 Å². The van der Waals surface area contributed by atoms with Crippen molar-refractivity contribution in [2.45, 2.75) is 13.5 Å². The molecular formula is C13H16FN3OS. The van der Waals surface area contributed by atoms with Gasteiger partial charge in [0.2, 0.25) is 0 Å². The van der Waals surface area contributed by atoms with Crippen molar-refractivity contribution in [2.24, 2.45) is 0 Å². The van der Waals surface area contributed by atoms with Gasteiger partial charge in [-0.25, -0.2) is 9.37 Å². The molecule has 1 N–H and O–H groups in total. The third-order valence-corrected chi connectivity index (χ3v) is 3.54. The summed E-state index contributed by atoms with van der Waals surface area (Å²) < 4.78 is 17.8. The van der Waals surface area contributed by atoms with Gasteiger partial charge in [0, 0.05) is 25.1 Å². The number of methoxy groups -OCH3 is 1. The van der Waals surface area contributed by atoms with E-state index in [4.69, 9.17) is 4.74 Å². The molecule has 0 saturated heterocycles. The minimum absolute atomic E-state index is 0.335. The van der Waals surface area contributed by atoms with Crippen molar-refractivity contribution in [2.75, 3.05) is 20.3 Å². The number of aryl methyl sites for hydroxylation is 1. The van der Waals surface area contributed by atoms with Crippen LogP contribution in [0.25, 0.3) is 11.4 Å². The van der Waals surface area contributed by atoms with E-state index in [-0.39, 0.29) is 5.82 Å². The second kappa shape index (κ2) is 6.70. The highest BCUT2D eigenvalue weighted by Gasteiger charge is 2.10. The summed E-state index contributed by atoms with van der Waals surface area (Å²) in [6, 6.07) is 3.05. The number of hydrogen-bond acceptors (Lipinski definition) is 5. The van der Waals surface area contributed by atoms with Crippen LogP contribution in [0.2, 0.25) is 0 Å². The molecule has 4 nitrogen and oxygen atoms in total. The molecule has 0 atom stereocenters. The van der Waals surface area contributed by atoms with E-state index in [9.17, 15) is 4.39 Å². The molecule has 0 fully saturated rings. The summed E-state index contributed by atoms with van der Waals surface area (Å²) in [5.41, 5.74) is 1.53. The standard InChI is InChI=1S/C13H16FN3OS/c1-9-13(11-4-3-10(14)7-16-11)17-12(19-9)8-15-5-6-18-2/h3-4,7,15H,5-6,8H2,1-2H3. The summed E-state index contributed by atoms with van der Waals surface area (Å²) in [6.07, 6.45) is 1.21. The minimum atomic E-state index is -0.335. The van der Waals surface area contributed by atoms with Crippen LogP contribution in [-0.4, -0.2) is 30.2 Å². The van der Waals surface area contributed by atoms with Gasteiger partial charge in [0.05, 0.1) is 18.5 Å². The third kappa shape index (κ3) is 3.79. The van der Waals surface area contributed by atoms with Crippen molar-refractivity contribution in [3.63, 3.8) is 0 Å². The SMILES string of the molecule is COCCNCc1nc(-c2ccc(F)cn2)c(C)s1. The lowest BCUT2D eigenvalue weighted by Gasteiger charge is -2.00. The van der Waals surface area contributed by atoms with Gasteiger partial charge in [-0.2, -0.15) is 0 Å². The molecule has 0 aliphatic rings. The van der Waals surface area contributed by atoms with Gasteiger partial charge in [0.25, 0.3) is 0 Å². The molecule has 0 aliphatic carbocycles. The molecule has 0 amide bonds. The number of ether oxygens (including phenoxy) is 1. The van der Waals surface area contributed by atoms with Gasteiger partial charge in [0.1, 0.15) is 16.5 Å². The van der Waals surface area contributed by atoms with Gasteiger partial charge in [-0.1, -0.05) is 0 Å². The largest absolute Gasteiger partial charge is 0.383 e. The quantitative estimate of drug-likeness (QED) is 0.826. The Morgan fingerprint density at radius 2 is 2.26 bits per heavy atom. The zero-order valence-electron chi connectivity index (χ0n) is 10.9. The summed E-state index contributed by atoms with van der Waals surface area (Å²) in [5.74, 6) is -0.335. The van der Waals surface area contributed by atoms with Crippen LogP contribution in [0.5, 0.6) is 0 Å². The first kappa shape index (κ1) is 14.0. The normalized spacial score (nSPS) is 10.9. The summed E-state index contributed by atoms with van der Waals surface area (Å²) in [7, 11) is 1.67. The lowest BCUT2D eigenvalue weighted by molar-refractivity contribution is 0.199. The van der Waals surface area contributed by atoms with E-state index in [1.54, 1.807) is 24.5 Å². The van der Waals surface area contributed by atoms with Crippen LogP contribution in [0.3, 0.4) is 0 Å². The van der Waals surface area contributed by atoms with E-state index in [0.717, 1.165) is 22.1 Å². The third-order valence-electron chi connectivity index (χ3n) is 2.57. The molecule has 19 heavy (non-hydrogen) atoms. The van der Waals surface area contributed by atoms with E-state index in [2.05, 4.69) is 15.3 Å². The van der Waals surface area contributed by atoms with E-state index < -0.39 is 0 Å². The summed E-state index contributed by atoms with van der Waals surface area (Å²) in [4.78, 5) is 9.68. The van der Waals surface area contributed by atoms with Gasteiger partial charge in [-0.05, 0) is 19.1 Å². The Balaban J connectivity index is 2.06. The van der Waals surface area contributed by atoms with Crippen molar-refractivity contribution in [3.05, 3.63) is 34.0 Å². The summed E-state index contributed by atoms with van der Waals surface area (Å²) in [6.45, 7) is 4.17. The molecule has 6 heteroatoms. The lowest BCUT2D eigenvalue weighted by Crippen LogP contribution is -2.18. The van der Waals surface area contributed by atoms with Crippen molar-refractivity contribution in [1.29, 1.82) is 0 Å². The number of halogens is 1. The zero-order valence-corrected chi connectivity index (χ0v) is 11.8. The topological polar surface area (TPSA) is 47.0 Å². The number of hydrogen-bond donors (Lipinski definition) is 1. The Hall–Kier alpha value is -1.37. The van der Waals surface area contributed by atoms with E-state index >= 15 is 0 Å². The maximum Gasteiger partial charge on any atom is 0.141 e. The van der Waals surface area contributed by atoms with Gasteiger partial charge < -0.3 is 10.1 Å². The van der Waals surface area contributed by atoms with Crippen LogP contribution in [0.15, 0.2) is 18.3 Å². The highest BCUT2D eigenvalue weighted by Crippen LogP contribution is 2.25. The predicted octanol–water partition coefficient (Wildman–Crippen LogP) is 2.39. The second-order valence-electron chi connectivity index (χ2n) is 4.04. The summed E-state index contributed by atoms with van der Waals surface area (Å²) >= 11 is 1.62. The first-order valence-corrected chi connectivity index (χ1v) is 6.80.